The van der Waals surface area contributed by atoms with Gasteiger partial charge >= 0.3 is 0 Å². The first-order valence-electron chi connectivity index (χ1n) is 8.67. The largest absolute Gasteiger partial charge is 0.344 e. The van der Waals surface area contributed by atoms with E-state index in [2.05, 4.69) is 42.6 Å². The molecule has 2 rings (SSSR count). The summed E-state index contributed by atoms with van der Waals surface area (Å²) in [6.45, 7) is 11.5. The summed E-state index contributed by atoms with van der Waals surface area (Å²) in [7, 11) is 6.33. The van der Waals surface area contributed by atoms with Crippen molar-refractivity contribution in [3.63, 3.8) is 0 Å². The SMILES string of the molecule is CN1CCCN(CC(=O)N(C)C[C@@H]2CCN(C)C2(C)C)CC1. The molecule has 1 amide bonds. The van der Waals surface area contributed by atoms with E-state index in [0.717, 1.165) is 45.7 Å². The Morgan fingerprint density at radius 3 is 2.50 bits per heavy atom. The molecule has 0 aliphatic carbocycles. The normalized spacial score (nSPS) is 27.8. The van der Waals surface area contributed by atoms with Gasteiger partial charge in [-0.2, -0.15) is 0 Å². The number of nitrogens with zero attached hydrogens (tertiary/aromatic N) is 4. The molecule has 1 atom stereocenters. The van der Waals surface area contributed by atoms with E-state index in [-0.39, 0.29) is 11.4 Å². The predicted molar refractivity (Wildman–Crippen MR) is 91.0 cm³/mol. The van der Waals surface area contributed by atoms with Crippen LogP contribution in [0.15, 0.2) is 0 Å². The Bertz CT molecular complexity index is 385. The lowest BCUT2D eigenvalue weighted by atomic mass is 9.88. The highest BCUT2D eigenvalue weighted by molar-refractivity contribution is 5.78. The van der Waals surface area contributed by atoms with Gasteiger partial charge in [0.2, 0.25) is 5.91 Å². The molecule has 2 fully saturated rings. The second kappa shape index (κ2) is 7.28. The summed E-state index contributed by atoms with van der Waals surface area (Å²) in [5, 5.41) is 0. The molecule has 2 aliphatic rings. The van der Waals surface area contributed by atoms with Gasteiger partial charge in [0.05, 0.1) is 6.54 Å². The van der Waals surface area contributed by atoms with Crippen LogP contribution in [0.25, 0.3) is 0 Å². The molecule has 0 radical (unpaired) electrons. The van der Waals surface area contributed by atoms with Gasteiger partial charge in [-0.15, -0.1) is 0 Å². The molecule has 2 heterocycles. The number of amides is 1. The molecule has 5 nitrogen and oxygen atoms in total. The average molecular weight is 310 g/mol. The highest BCUT2D eigenvalue weighted by atomic mass is 16.2. The molecule has 0 aromatic heterocycles. The van der Waals surface area contributed by atoms with Gasteiger partial charge in [-0.3, -0.25) is 9.69 Å². The van der Waals surface area contributed by atoms with Crippen molar-refractivity contribution < 1.29 is 4.79 Å². The second-order valence-corrected chi connectivity index (χ2v) is 7.77. The van der Waals surface area contributed by atoms with Crippen molar-refractivity contribution >= 4 is 5.91 Å². The van der Waals surface area contributed by atoms with Crippen LogP contribution in [0.4, 0.5) is 0 Å². The Hall–Kier alpha value is -0.650. The lowest BCUT2D eigenvalue weighted by Crippen LogP contribution is -2.46. The van der Waals surface area contributed by atoms with E-state index in [1.165, 1.54) is 6.42 Å². The zero-order chi connectivity index (χ0) is 16.3. The van der Waals surface area contributed by atoms with Crippen molar-refractivity contribution in [1.29, 1.82) is 0 Å². The van der Waals surface area contributed by atoms with Crippen molar-refractivity contribution in [3.8, 4) is 0 Å². The van der Waals surface area contributed by atoms with E-state index in [9.17, 15) is 4.79 Å². The lowest BCUT2D eigenvalue weighted by molar-refractivity contribution is -0.132. The highest BCUT2D eigenvalue weighted by Crippen LogP contribution is 2.33. The summed E-state index contributed by atoms with van der Waals surface area (Å²) in [5.74, 6) is 0.844. The molecule has 0 aromatic rings. The number of carbonyl (C=O) groups is 1. The number of rotatable bonds is 4. The summed E-state index contributed by atoms with van der Waals surface area (Å²) in [4.78, 5) is 21.6. The highest BCUT2D eigenvalue weighted by Gasteiger charge is 2.39. The van der Waals surface area contributed by atoms with Crippen LogP contribution in [0, 0.1) is 5.92 Å². The zero-order valence-electron chi connectivity index (χ0n) is 15.1. The first-order valence-corrected chi connectivity index (χ1v) is 8.67. The molecule has 5 heteroatoms. The van der Waals surface area contributed by atoms with Crippen LogP contribution in [0.5, 0.6) is 0 Å². The van der Waals surface area contributed by atoms with Gasteiger partial charge in [-0.1, -0.05) is 0 Å². The third kappa shape index (κ3) is 4.21. The molecular weight excluding hydrogens is 276 g/mol. The quantitative estimate of drug-likeness (QED) is 0.769. The van der Waals surface area contributed by atoms with Crippen LogP contribution in [0.1, 0.15) is 26.7 Å². The first-order chi connectivity index (χ1) is 10.3. The van der Waals surface area contributed by atoms with Crippen LogP contribution < -0.4 is 0 Å². The third-order valence-electron chi connectivity index (χ3n) is 5.89. The minimum absolute atomic E-state index is 0.194. The Morgan fingerprint density at radius 1 is 1.14 bits per heavy atom. The Labute approximate surface area is 136 Å². The summed E-state index contributed by atoms with van der Waals surface area (Å²) >= 11 is 0. The molecule has 22 heavy (non-hydrogen) atoms. The zero-order valence-corrected chi connectivity index (χ0v) is 15.1. The molecular formula is C17H34N4O. The number of likely N-dealkylation sites (N-methyl/N-ethyl adjacent to an activating group) is 2. The minimum Gasteiger partial charge on any atom is -0.344 e. The molecule has 0 N–H and O–H groups in total. The average Bonchev–Trinajstić information content (AvgIpc) is 2.63. The van der Waals surface area contributed by atoms with Gasteiger partial charge in [0.15, 0.2) is 0 Å². The summed E-state index contributed by atoms with van der Waals surface area (Å²) in [6, 6.07) is 0. The van der Waals surface area contributed by atoms with Crippen LogP contribution in [0.3, 0.4) is 0 Å². The van der Waals surface area contributed by atoms with Gasteiger partial charge in [-0.25, -0.2) is 0 Å². The van der Waals surface area contributed by atoms with Crippen molar-refractivity contribution in [2.75, 3.05) is 67.0 Å². The maximum atomic E-state index is 12.5. The predicted octanol–water partition coefficient (Wildman–Crippen LogP) is 0.813. The second-order valence-electron chi connectivity index (χ2n) is 7.77. The van der Waals surface area contributed by atoms with Gasteiger partial charge < -0.3 is 14.7 Å². The van der Waals surface area contributed by atoms with E-state index in [1.54, 1.807) is 0 Å². The van der Waals surface area contributed by atoms with Crippen molar-refractivity contribution in [2.45, 2.75) is 32.2 Å². The van der Waals surface area contributed by atoms with Crippen LogP contribution in [-0.2, 0) is 4.79 Å². The van der Waals surface area contributed by atoms with Gasteiger partial charge in [0, 0.05) is 32.2 Å². The van der Waals surface area contributed by atoms with Crippen LogP contribution >= 0.6 is 0 Å². The minimum atomic E-state index is 0.194. The van der Waals surface area contributed by atoms with E-state index in [4.69, 9.17) is 0 Å². The van der Waals surface area contributed by atoms with Crippen molar-refractivity contribution in [1.82, 2.24) is 19.6 Å². The maximum absolute atomic E-state index is 12.5. The summed E-state index contributed by atoms with van der Waals surface area (Å²) in [5.41, 5.74) is 0.194. The van der Waals surface area contributed by atoms with Gasteiger partial charge in [0.25, 0.3) is 0 Å². The number of likely N-dealkylation sites (tertiary alicyclic amines) is 1. The molecule has 0 bridgehead atoms. The topological polar surface area (TPSA) is 30.0 Å². The molecule has 0 unspecified atom stereocenters. The molecule has 2 saturated heterocycles. The van der Waals surface area contributed by atoms with E-state index >= 15 is 0 Å². The Balaban J connectivity index is 1.82. The van der Waals surface area contributed by atoms with Crippen LogP contribution in [0.2, 0.25) is 0 Å². The lowest BCUT2D eigenvalue weighted by Gasteiger charge is -2.36. The third-order valence-corrected chi connectivity index (χ3v) is 5.89. The Kier molecular flexibility index (Phi) is 5.86. The fourth-order valence-electron chi connectivity index (χ4n) is 3.62. The molecule has 0 aromatic carbocycles. The van der Waals surface area contributed by atoms with E-state index in [1.807, 2.05) is 11.9 Å². The molecule has 0 saturated carbocycles. The molecule has 2 aliphatic heterocycles. The monoisotopic (exact) mass is 310 g/mol. The maximum Gasteiger partial charge on any atom is 0.236 e. The fraction of sp³-hybridized carbons (Fsp3) is 0.941. The summed E-state index contributed by atoms with van der Waals surface area (Å²) in [6.07, 6.45) is 2.35. The van der Waals surface area contributed by atoms with Gasteiger partial charge in [0.1, 0.15) is 0 Å². The van der Waals surface area contributed by atoms with E-state index < -0.39 is 0 Å². The fourth-order valence-corrected chi connectivity index (χ4v) is 3.62. The number of hydrogen-bond donors (Lipinski definition) is 0. The first kappa shape index (κ1) is 17.7. The number of hydrogen-bond acceptors (Lipinski definition) is 4. The van der Waals surface area contributed by atoms with Crippen LogP contribution in [-0.4, -0.2) is 98.0 Å². The summed E-state index contributed by atoms with van der Waals surface area (Å²) < 4.78 is 0. The Morgan fingerprint density at radius 2 is 1.86 bits per heavy atom. The molecule has 0 spiro atoms. The van der Waals surface area contributed by atoms with E-state index in [0.29, 0.717) is 12.5 Å². The number of carbonyl (C=O) groups excluding carboxylic acids is 1. The molecule has 128 valence electrons. The van der Waals surface area contributed by atoms with Gasteiger partial charge in [-0.05, 0) is 66.3 Å². The smallest absolute Gasteiger partial charge is 0.236 e. The van der Waals surface area contributed by atoms with Crippen molar-refractivity contribution in [2.24, 2.45) is 5.92 Å². The van der Waals surface area contributed by atoms with Crippen molar-refractivity contribution in [3.05, 3.63) is 0 Å². The standard InChI is InChI=1S/C17H34N4O/c1-17(2)15(7-10-20(17)5)13-19(4)16(22)14-21-9-6-8-18(3)11-12-21/h15H,6-14H2,1-5H3/t15-/m0/s1.